The molecular weight excluding hydrogens is 567 g/mol. The topological polar surface area (TPSA) is 50.2 Å². The van der Waals surface area contributed by atoms with Gasteiger partial charge in [0.25, 0.3) is 0 Å². The van der Waals surface area contributed by atoms with Crippen molar-refractivity contribution >= 4 is 15.4 Å². The number of anilines is 1. The van der Waals surface area contributed by atoms with E-state index in [0.717, 1.165) is 40.0 Å². The molecule has 0 saturated heterocycles. The van der Waals surface area contributed by atoms with Crippen LogP contribution in [0.3, 0.4) is 0 Å². The summed E-state index contributed by atoms with van der Waals surface area (Å²) >= 11 is 2.29. The number of nitrogens with zero attached hydrogens (tertiary/aromatic N) is 6. The third kappa shape index (κ3) is 4.74. The van der Waals surface area contributed by atoms with Gasteiger partial charge < -0.3 is 0 Å². The summed E-state index contributed by atoms with van der Waals surface area (Å²) in [5.74, 6) is 1.77. The van der Waals surface area contributed by atoms with E-state index in [9.17, 15) is 0 Å². The Morgan fingerprint density at radius 1 is 1.16 bits per heavy atom. The van der Waals surface area contributed by atoms with Gasteiger partial charge >= 0.3 is 160 Å². The molecule has 0 spiro atoms. The normalized spacial score (nSPS) is 12.3. The first-order chi connectivity index (χ1) is 14.5. The molecule has 0 N–H and O–H groups in total. The van der Waals surface area contributed by atoms with Gasteiger partial charge in [0.2, 0.25) is 0 Å². The minimum absolute atomic E-state index is 0.330. The molecule has 3 aromatic rings. The van der Waals surface area contributed by atoms with Crippen molar-refractivity contribution in [3.63, 3.8) is 0 Å². The van der Waals surface area contributed by atoms with E-state index < -0.39 is 0 Å². The standard InChI is InChI=1S/C24H30N6.Pt/c1-9-18(3)26-29(8)23-15-11-13-21(28(23)7)24(5,6)20-12-10-14-22(25-20)30-16-17(2)19(4)27-30;/h10-15H,1-8H3;/b26-18-;. The Hall–Kier alpha value is -2.46. The zero-order chi connectivity index (χ0) is 22.9. The van der Waals surface area contributed by atoms with Crippen LogP contribution >= 0.6 is 0 Å². The molecule has 6 nitrogen and oxygen atoms in total. The predicted octanol–water partition coefficient (Wildman–Crippen LogP) is 3.39. The Morgan fingerprint density at radius 3 is 2.45 bits per heavy atom. The number of hydrogen-bond acceptors (Lipinski definition) is 4. The van der Waals surface area contributed by atoms with Crippen molar-refractivity contribution in [2.45, 2.75) is 47.0 Å². The van der Waals surface area contributed by atoms with Crippen molar-refractivity contribution in [2.24, 2.45) is 12.1 Å². The second-order valence-electron chi connectivity index (χ2n) is 8.26. The number of pyridine rings is 2. The van der Waals surface area contributed by atoms with E-state index in [1.807, 2.05) is 45.0 Å². The predicted molar refractivity (Wildman–Crippen MR) is 122 cm³/mol. The third-order valence-electron chi connectivity index (χ3n) is 5.61. The molecule has 0 amide bonds. The van der Waals surface area contributed by atoms with E-state index in [2.05, 4.69) is 87.3 Å². The van der Waals surface area contributed by atoms with Crippen LogP contribution in [0.25, 0.3) is 5.82 Å². The molecule has 0 saturated carbocycles. The molecule has 0 atom stereocenters. The van der Waals surface area contributed by atoms with E-state index >= 15 is 0 Å². The molecule has 3 heterocycles. The van der Waals surface area contributed by atoms with Gasteiger partial charge in [0, 0.05) is 0 Å². The first-order valence-electron chi connectivity index (χ1n) is 10.2. The van der Waals surface area contributed by atoms with Crippen LogP contribution in [0.5, 0.6) is 0 Å². The van der Waals surface area contributed by atoms with E-state index in [0.29, 0.717) is 0 Å². The van der Waals surface area contributed by atoms with Crippen molar-refractivity contribution in [1.82, 2.24) is 14.8 Å². The third-order valence-corrected chi connectivity index (χ3v) is 6.43. The summed E-state index contributed by atoms with van der Waals surface area (Å²) in [6, 6.07) is 12.4. The van der Waals surface area contributed by atoms with E-state index in [-0.39, 0.29) is 5.41 Å². The molecule has 0 unspecified atom stereocenters. The number of aromatic nitrogens is 4. The Kier molecular flexibility index (Phi) is 6.70. The van der Waals surface area contributed by atoms with Gasteiger partial charge in [-0.25, -0.2) is 0 Å². The summed E-state index contributed by atoms with van der Waals surface area (Å²) in [6.45, 7) is 12.5. The molecule has 0 bridgehead atoms. The zero-order valence-corrected chi connectivity index (χ0v) is 21.7. The van der Waals surface area contributed by atoms with Crippen molar-refractivity contribution in [2.75, 3.05) is 12.1 Å². The van der Waals surface area contributed by atoms with Gasteiger partial charge in [-0.3, -0.25) is 5.10 Å². The summed E-state index contributed by atoms with van der Waals surface area (Å²) in [4.78, 5) is 4.94. The molecule has 3 rings (SSSR count). The second kappa shape index (κ2) is 8.95. The first-order valence-corrected chi connectivity index (χ1v) is 11.3. The molecule has 0 radical (unpaired) electrons. The van der Waals surface area contributed by atoms with Gasteiger partial charge in [-0.1, -0.05) is 20.0 Å². The van der Waals surface area contributed by atoms with Crippen LogP contribution in [-0.2, 0) is 31.8 Å². The quantitative estimate of drug-likeness (QED) is 0.190. The number of hydrazone groups is 1. The van der Waals surface area contributed by atoms with Gasteiger partial charge in [-0.15, -0.1) is 5.56 Å². The molecule has 0 aliphatic heterocycles. The molecule has 166 valence electrons. The Labute approximate surface area is 196 Å². The van der Waals surface area contributed by atoms with Gasteiger partial charge in [-0.2, -0.15) is 0 Å². The average molecular weight is 598 g/mol. The van der Waals surface area contributed by atoms with Crippen molar-refractivity contribution in [1.29, 1.82) is 0 Å². The summed E-state index contributed by atoms with van der Waals surface area (Å²) in [6.07, 6.45) is 3.26. The fraction of sp³-hybridized carbons (Fsp3) is 0.375. The average Bonchev–Trinajstić information content (AvgIpc) is 3.06. The van der Waals surface area contributed by atoms with Crippen LogP contribution in [0, 0.1) is 20.0 Å². The fourth-order valence-corrected chi connectivity index (χ4v) is 3.60. The van der Waals surface area contributed by atoms with Gasteiger partial charge in [0.05, 0.1) is 0 Å². The maximum absolute atomic E-state index is 4.94. The SMILES string of the molecule is C[C](=[Pt])/C(C)=N\N(C)c1cccc(C(C)(C)c2cccc(-n3[c-]c(C)c(C)n3)n2)[n+]1C. The first kappa shape index (κ1) is 23.2. The molecule has 0 aliphatic rings. The summed E-state index contributed by atoms with van der Waals surface area (Å²) in [5.41, 5.74) is 4.77. The van der Waals surface area contributed by atoms with Crippen LogP contribution in [0.2, 0.25) is 0 Å². The van der Waals surface area contributed by atoms with E-state index in [4.69, 9.17) is 10.1 Å². The van der Waals surface area contributed by atoms with Crippen LogP contribution in [-0.4, -0.2) is 31.4 Å². The number of rotatable bonds is 6. The van der Waals surface area contributed by atoms with E-state index in [1.54, 1.807) is 4.68 Å². The summed E-state index contributed by atoms with van der Waals surface area (Å²) in [5, 5.41) is 11.2. The minimum atomic E-state index is -0.330. The van der Waals surface area contributed by atoms with Crippen LogP contribution < -0.4 is 9.58 Å². The Bertz CT molecular complexity index is 1140. The molecule has 0 aromatic carbocycles. The molecular formula is C24H30N6Pt. The molecule has 0 aliphatic carbocycles. The number of hydrogen-bond donors (Lipinski definition) is 0. The molecule has 31 heavy (non-hydrogen) atoms. The molecule has 3 aromatic heterocycles. The molecule has 0 fully saturated rings. The zero-order valence-electron chi connectivity index (χ0n) is 19.5. The second-order valence-corrected chi connectivity index (χ2v) is 9.97. The van der Waals surface area contributed by atoms with Crippen LogP contribution in [0.15, 0.2) is 41.5 Å². The van der Waals surface area contributed by atoms with Crippen molar-refractivity contribution in [3.8, 4) is 5.82 Å². The van der Waals surface area contributed by atoms with Crippen molar-refractivity contribution in [3.05, 3.63) is 65.2 Å². The van der Waals surface area contributed by atoms with Gasteiger partial charge in [0.15, 0.2) is 0 Å². The van der Waals surface area contributed by atoms with E-state index in [1.165, 1.54) is 3.90 Å². The number of aryl methyl sites for hydroxylation is 2. The van der Waals surface area contributed by atoms with Crippen LogP contribution in [0.4, 0.5) is 5.82 Å². The maximum atomic E-state index is 4.94. The monoisotopic (exact) mass is 597 g/mol. The van der Waals surface area contributed by atoms with Crippen molar-refractivity contribution < 1.29 is 23.9 Å². The van der Waals surface area contributed by atoms with Crippen LogP contribution in [0.1, 0.15) is 50.3 Å². The molecule has 7 heteroatoms. The van der Waals surface area contributed by atoms with Gasteiger partial charge in [0.1, 0.15) is 0 Å². The summed E-state index contributed by atoms with van der Waals surface area (Å²) in [7, 11) is 4.05. The Balaban J connectivity index is 2.04. The van der Waals surface area contributed by atoms with Gasteiger partial charge in [-0.05, 0) is 5.69 Å². The Morgan fingerprint density at radius 2 is 1.84 bits per heavy atom. The summed E-state index contributed by atoms with van der Waals surface area (Å²) < 4.78 is 5.09. The fourth-order valence-electron chi connectivity index (χ4n) is 3.49.